The van der Waals surface area contributed by atoms with Crippen LogP contribution in [0.2, 0.25) is 5.02 Å². The Hall–Kier alpha value is -0.860. The van der Waals surface area contributed by atoms with Crippen molar-refractivity contribution >= 4 is 17.7 Å². The first kappa shape index (κ1) is 11.2. The first-order chi connectivity index (χ1) is 6.67. The molecule has 14 heavy (non-hydrogen) atoms. The minimum Gasteiger partial charge on any atom is -0.327 e. The molecule has 1 nitrogen and oxygen atoms in total. The highest BCUT2D eigenvalue weighted by Gasteiger charge is 1.99. The van der Waals surface area contributed by atoms with Crippen LogP contribution in [0.5, 0.6) is 0 Å². The van der Waals surface area contributed by atoms with E-state index in [0.29, 0.717) is 6.54 Å². The van der Waals surface area contributed by atoms with Crippen LogP contribution in [0.1, 0.15) is 18.9 Å². The summed E-state index contributed by atoms with van der Waals surface area (Å²) >= 11 is 5.56. The predicted molar refractivity (Wildman–Crippen MR) is 58.7 cm³/mol. The minimum atomic E-state index is -0.395. The van der Waals surface area contributed by atoms with Gasteiger partial charge in [-0.3, -0.25) is 0 Å². The molecule has 3 heteroatoms. The lowest BCUT2D eigenvalue weighted by Crippen LogP contribution is -2.01. The third-order valence-corrected chi connectivity index (χ3v) is 2.34. The molecule has 0 atom stereocenters. The monoisotopic (exact) mass is 213 g/mol. The quantitative estimate of drug-likeness (QED) is 0.820. The fourth-order valence-corrected chi connectivity index (χ4v) is 1.26. The molecule has 0 spiro atoms. The molecule has 0 aromatic heterocycles. The van der Waals surface area contributed by atoms with Crippen molar-refractivity contribution in [2.75, 3.05) is 6.54 Å². The molecule has 0 aliphatic heterocycles. The standard InChI is InChI=1S/C11H13ClFN/c1-2-8(7-14)5-9-3-4-10(12)11(13)6-9/h3-6H,2,7,14H2,1H3. The van der Waals surface area contributed by atoms with Gasteiger partial charge in [0.1, 0.15) is 5.82 Å². The van der Waals surface area contributed by atoms with Gasteiger partial charge in [-0.15, -0.1) is 0 Å². The Bertz CT molecular complexity index is 341. The number of hydrogen-bond acceptors (Lipinski definition) is 1. The Morgan fingerprint density at radius 3 is 2.79 bits per heavy atom. The van der Waals surface area contributed by atoms with E-state index in [9.17, 15) is 4.39 Å². The lowest BCUT2D eigenvalue weighted by atomic mass is 10.1. The van der Waals surface area contributed by atoms with Gasteiger partial charge in [0.25, 0.3) is 0 Å². The van der Waals surface area contributed by atoms with Gasteiger partial charge < -0.3 is 5.73 Å². The molecule has 0 saturated carbocycles. The van der Waals surface area contributed by atoms with E-state index < -0.39 is 5.82 Å². The molecule has 0 aliphatic carbocycles. The van der Waals surface area contributed by atoms with Crippen LogP contribution in [0.25, 0.3) is 6.08 Å². The predicted octanol–water partition coefficient (Wildman–Crippen LogP) is 3.23. The second-order valence-electron chi connectivity index (χ2n) is 3.03. The molecule has 0 fully saturated rings. The summed E-state index contributed by atoms with van der Waals surface area (Å²) in [6.07, 6.45) is 2.76. The first-order valence-corrected chi connectivity index (χ1v) is 4.89. The van der Waals surface area contributed by atoms with Crippen LogP contribution in [0.3, 0.4) is 0 Å². The van der Waals surface area contributed by atoms with E-state index in [0.717, 1.165) is 17.6 Å². The Labute approximate surface area is 88.4 Å². The van der Waals surface area contributed by atoms with Gasteiger partial charge in [0.2, 0.25) is 0 Å². The van der Waals surface area contributed by atoms with E-state index in [1.54, 1.807) is 12.1 Å². The van der Waals surface area contributed by atoms with E-state index in [-0.39, 0.29) is 5.02 Å². The Morgan fingerprint density at radius 1 is 1.57 bits per heavy atom. The number of hydrogen-bond donors (Lipinski definition) is 1. The summed E-state index contributed by atoms with van der Waals surface area (Å²) in [7, 11) is 0. The first-order valence-electron chi connectivity index (χ1n) is 4.52. The summed E-state index contributed by atoms with van der Waals surface area (Å²) in [5, 5.41) is 0.146. The summed E-state index contributed by atoms with van der Waals surface area (Å²) in [6.45, 7) is 2.52. The van der Waals surface area contributed by atoms with Gasteiger partial charge in [-0.25, -0.2) is 4.39 Å². The zero-order chi connectivity index (χ0) is 10.6. The molecular formula is C11H13ClFN. The molecule has 76 valence electrons. The smallest absolute Gasteiger partial charge is 0.142 e. The molecule has 1 aromatic rings. The second kappa shape index (κ2) is 5.13. The van der Waals surface area contributed by atoms with Gasteiger partial charge in [0.05, 0.1) is 5.02 Å². The van der Waals surface area contributed by atoms with E-state index in [1.165, 1.54) is 6.07 Å². The SMILES string of the molecule is CCC(=Cc1ccc(Cl)c(F)c1)CN. The second-order valence-corrected chi connectivity index (χ2v) is 3.44. The third kappa shape index (κ3) is 2.82. The lowest BCUT2D eigenvalue weighted by molar-refractivity contribution is 0.628. The van der Waals surface area contributed by atoms with Crippen molar-refractivity contribution < 1.29 is 4.39 Å². The van der Waals surface area contributed by atoms with Crippen LogP contribution in [0.4, 0.5) is 4.39 Å². The third-order valence-electron chi connectivity index (χ3n) is 2.03. The molecule has 0 saturated heterocycles. The van der Waals surface area contributed by atoms with Crippen LogP contribution in [0.15, 0.2) is 23.8 Å². The maximum Gasteiger partial charge on any atom is 0.142 e. The Kier molecular flexibility index (Phi) is 4.11. The average molecular weight is 214 g/mol. The molecule has 0 aliphatic rings. The number of halogens is 2. The van der Waals surface area contributed by atoms with Gasteiger partial charge in [-0.05, 0) is 24.1 Å². The summed E-state index contributed by atoms with van der Waals surface area (Å²) in [4.78, 5) is 0. The molecule has 2 N–H and O–H groups in total. The van der Waals surface area contributed by atoms with Crippen molar-refractivity contribution in [2.24, 2.45) is 5.73 Å². The molecule has 1 aromatic carbocycles. The van der Waals surface area contributed by atoms with Gasteiger partial charge in [-0.2, -0.15) is 0 Å². The zero-order valence-corrected chi connectivity index (χ0v) is 8.81. The molecule has 0 bridgehead atoms. The van der Waals surface area contributed by atoms with E-state index >= 15 is 0 Å². The van der Waals surface area contributed by atoms with E-state index in [1.807, 2.05) is 13.0 Å². The van der Waals surface area contributed by atoms with Crippen molar-refractivity contribution in [2.45, 2.75) is 13.3 Å². The van der Waals surface area contributed by atoms with Crippen molar-refractivity contribution in [1.82, 2.24) is 0 Å². The van der Waals surface area contributed by atoms with Crippen molar-refractivity contribution in [3.05, 3.63) is 40.2 Å². The number of benzene rings is 1. The normalized spacial score (nSPS) is 11.9. The fourth-order valence-electron chi connectivity index (χ4n) is 1.14. The highest BCUT2D eigenvalue weighted by Crippen LogP contribution is 2.17. The fraction of sp³-hybridized carbons (Fsp3) is 0.273. The molecule has 0 unspecified atom stereocenters. The van der Waals surface area contributed by atoms with Gasteiger partial charge in [0.15, 0.2) is 0 Å². The molecule has 0 heterocycles. The maximum atomic E-state index is 13.0. The van der Waals surface area contributed by atoms with Gasteiger partial charge >= 0.3 is 0 Å². The number of rotatable bonds is 3. The average Bonchev–Trinajstić information content (AvgIpc) is 2.19. The highest BCUT2D eigenvalue weighted by molar-refractivity contribution is 6.30. The topological polar surface area (TPSA) is 26.0 Å². The van der Waals surface area contributed by atoms with Crippen LogP contribution in [-0.2, 0) is 0 Å². The van der Waals surface area contributed by atoms with E-state index in [2.05, 4.69) is 0 Å². The Balaban J connectivity index is 2.97. The van der Waals surface area contributed by atoms with Gasteiger partial charge in [-0.1, -0.05) is 36.2 Å². The maximum absolute atomic E-state index is 13.0. The molecule has 0 amide bonds. The van der Waals surface area contributed by atoms with Crippen molar-refractivity contribution in [1.29, 1.82) is 0 Å². The Morgan fingerprint density at radius 2 is 2.29 bits per heavy atom. The molecular weight excluding hydrogens is 201 g/mol. The van der Waals surface area contributed by atoms with Crippen LogP contribution in [0, 0.1) is 5.82 Å². The zero-order valence-electron chi connectivity index (χ0n) is 8.06. The van der Waals surface area contributed by atoms with Crippen LogP contribution in [-0.4, -0.2) is 6.54 Å². The van der Waals surface area contributed by atoms with Crippen LogP contribution >= 0.6 is 11.6 Å². The number of nitrogens with two attached hydrogens (primary N) is 1. The molecule has 0 radical (unpaired) electrons. The molecule has 1 rings (SSSR count). The van der Waals surface area contributed by atoms with Crippen molar-refractivity contribution in [3.63, 3.8) is 0 Å². The van der Waals surface area contributed by atoms with Gasteiger partial charge in [0, 0.05) is 6.54 Å². The van der Waals surface area contributed by atoms with Crippen LogP contribution < -0.4 is 5.73 Å². The summed E-state index contributed by atoms with van der Waals surface area (Å²) in [5.41, 5.74) is 7.40. The lowest BCUT2D eigenvalue weighted by Gasteiger charge is -2.01. The van der Waals surface area contributed by atoms with E-state index in [4.69, 9.17) is 17.3 Å². The summed E-state index contributed by atoms with van der Waals surface area (Å²) in [5.74, 6) is -0.395. The van der Waals surface area contributed by atoms with Crippen molar-refractivity contribution in [3.8, 4) is 0 Å². The highest BCUT2D eigenvalue weighted by atomic mass is 35.5. The summed E-state index contributed by atoms with van der Waals surface area (Å²) < 4.78 is 13.0. The minimum absolute atomic E-state index is 0.146. The largest absolute Gasteiger partial charge is 0.327 e. The summed E-state index contributed by atoms with van der Waals surface area (Å²) in [6, 6.07) is 4.73.